The molecular weight excluding hydrogens is 416 g/mol. The molecule has 0 saturated carbocycles. The molecule has 6 nitrogen and oxygen atoms in total. The van der Waals surface area contributed by atoms with Crippen molar-refractivity contribution in [1.82, 2.24) is 4.57 Å². The molecule has 0 amide bonds. The largest absolute Gasteiger partial charge is 0.494 e. The smallest absolute Gasteiger partial charge is 0.271 e. The number of carbonyl (C=O) groups is 1. The minimum Gasteiger partial charge on any atom is -0.494 e. The van der Waals surface area contributed by atoms with Crippen molar-refractivity contribution in [3.8, 4) is 17.7 Å². The normalized spacial score (nSPS) is 10.5. The van der Waals surface area contributed by atoms with E-state index in [2.05, 4.69) is 0 Å². The first-order valence-corrected chi connectivity index (χ1v) is 10.1. The van der Waals surface area contributed by atoms with Gasteiger partial charge in [-0.1, -0.05) is 48.9 Å². The van der Waals surface area contributed by atoms with E-state index in [1.807, 2.05) is 13.0 Å². The van der Waals surface area contributed by atoms with Gasteiger partial charge in [-0.2, -0.15) is 5.26 Å². The van der Waals surface area contributed by atoms with E-state index in [-0.39, 0.29) is 28.8 Å². The highest BCUT2D eigenvalue weighted by atomic mass is 35.5. The molecule has 1 aromatic heterocycles. The first-order chi connectivity index (χ1) is 14.9. The zero-order valence-electron chi connectivity index (χ0n) is 17.2. The number of halogens is 1. The highest BCUT2D eigenvalue weighted by Gasteiger charge is 2.26. The molecule has 1 heterocycles. The van der Waals surface area contributed by atoms with E-state index in [0.29, 0.717) is 22.9 Å². The lowest BCUT2D eigenvalue weighted by molar-refractivity contribution is 0.103. The van der Waals surface area contributed by atoms with Crippen molar-refractivity contribution in [3.05, 3.63) is 91.7 Å². The Bertz CT molecular complexity index is 1240. The molecule has 0 aliphatic carbocycles. The van der Waals surface area contributed by atoms with Crippen LogP contribution in [0, 0.1) is 18.3 Å². The number of hydrogen-bond acceptors (Lipinski definition) is 5. The van der Waals surface area contributed by atoms with Gasteiger partial charge in [-0.3, -0.25) is 14.2 Å². The molecule has 1 N–H and O–H groups in total. The quantitative estimate of drug-likeness (QED) is 0.552. The molecule has 0 atom stereocenters. The van der Waals surface area contributed by atoms with Gasteiger partial charge in [0.25, 0.3) is 5.56 Å². The van der Waals surface area contributed by atoms with Gasteiger partial charge in [0.15, 0.2) is 0 Å². The third kappa shape index (κ3) is 4.32. The highest BCUT2D eigenvalue weighted by Crippen LogP contribution is 2.30. The third-order valence-electron chi connectivity index (χ3n) is 4.91. The zero-order valence-corrected chi connectivity index (χ0v) is 17.9. The maximum atomic E-state index is 13.4. The number of aromatic hydroxyl groups is 1. The molecule has 31 heavy (non-hydrogen) atoms. The van der Waals surface area contributed by atoms with E-state index < -0.39 is 17.2 Å². The Morgan fingerprint density at radius 1 is 1.19 bits per heavy atom. The van der Waals surface area contributed by atoms with E-state index >= 15 is 0 Å². The van der Waals surface area contributed by atoms with E-state index in [4.69, 9.17) is 16.3 Å². The molecule has 2 aromatic carbocycles. The van der Waals surface area contributed by atoms with Crippen LogP contribution in [-0.2, 0) is 6.54 Å². The van der Waals surface area contributed by atoms with Crippen LogP contribution in [0.25, 0.3) is 0 Å². The molecule has 158 valence electrons. The maximum Gasteiger partial charge on any atom is 0.271 e. The number of carbonyl (C=O) groups excluding carboxylic acids is 1. The van der Waals surface area contributed by atoms with Crippen molar-refractivity contribution in [3.63, 3.8) is 0 Å². The average Bonchev–Trinajstić information content (AvgIpc) is 2.77. The van der Waals surface area contributed by atoms with E-state index in [1.165, 1.54) is 6.92 Å². The van der Waals surface area contributed by atoms with E-state index in [9.17, 15) is 20.0 Å². The van der Waals surface area contributed by atoms with Gasteiger partial charge >= 0.3 is 0 Å². The number of benzene rings is 2. The van der Waals surface area contributed by atoms with Crippen LogP contribution in [0.4, 0.5) is 0 Å². The SMILES string of the molecule is CCCOc1ccccc1C(=O)c1c(C)c(C#N)c(=O)n(Cc2ccccc2Cl)c1O. The molecular formula is C24H21ClN2O4. The van der Waals surface area contributed by atoms with Crippen molar-refractivity contribution in [2.75, 3.05) is 6.61 Å². The number of rotatable bonds is 7. The second-order valence-corrected chi connectivity index (χ2v) is 7.37. The highest BCUT2D eigenvalue weighted by molar-refractivity contribution is 6.31. The third-order valence-corrected chi connectivity index (χ3v) is 5.28. The fourth-order valence-electron chi connectivity index (χ4n) is 3.29. The number of pyridine rings is 1. The Morgan fingerprint density at radius 2 is 1.87 bits per heavy atom. The maximum absolute atomic E-state index is 13.4. The molecule has 0 spiro atoms. The van der Waals surface area contributed by atoms with Crippen LogP contribution in [-0.4, -0.2) is 22.1 Å². The first kappa shape index (κ1) is 22.1. The van der Waals surface area contributed by atoms with E-state index in [1.54, 1.807) is 48.5 Å². The predicted octanol–water partition coefficient (Wildman–Crippen LogP) is 4.46. The number of hydrogen-bond donors (Lipinski definition) is 1. The van der Waals surface area contributed by atoms with Crippen LogP contribution in [0.1, 0.15) is 46.0 Å². The topological polar surface area (TPSA) is 92.3 Å². The molecule has 0 radical (unpaired) electrons. The first-order valence-electron chi connectivity index (χ1n) is 9.77. The van der Waals surface area contributed by atoms with Gasteiger partial charge in [0, 0.05) is 5.02 Å². The van der Waals surface area contributed by atoms with Crippen LogP contribution < -0.4 is 10.3 Å². The zero-order chi connectivity index (χ0) is 22.5. The lowest BCUT2D eigenvalue weighted by Gasteiger charge is -2.17. The number of ketones is 1. The van der Waals surface area contributed by atoms with Crippen molar-refractivity contribution in [2.45, 2.75) is 26.8 Å². The summed E-state index contributed by atoms with van der Waals surface area (Å²) in [6.45, 7) is 3.75. The summed E-state index contributed by atoms with van der Waals surface area (Å²) >= 11 is 6.21. The Morgan fingerprint density at radius 3 is 2.55 bits per heavy atom. The summed E-state index contributed by atoms with van der Waals surface area (Å²) in [5.74, 6) is -0.682. The Balaban J connectivity index is 2.20. The fourth-order valence-corrected chi connectivity index (χ4v) is 3.49. The van der Waals surface area contributed by atoms with Gasteiger partial charge in [-0.25, -0.2) is 0 Å². The molecule has 0 aliphatic heterocycles. The van der Waals surface area contributed by atoms with Crippen LogP contribution in [0.2, 0.25) is 5.02 Å². The van der Waals surface area contributed by atoms with Gasteiger partial charge in [0.05, 0.1) is 24.3 Å². The summed E-state index contributed by atoms with van der Waals surface area (Å²) in [5.41, 5.74) is -0.0864. The van der Waals surface area contributed by atoms with Gasteiger partial charge in [0.1, 0.15) is 17.4 Å². The summed E-state index contributed by atoms with van der Waals surface area (Å²) in [4.78, 5) is 26.3. The predicted molar refractivity (Wildman–Crippen MR) is 118 cm³/mol. The Hall–Kier alpha value is -3.56. The second kappa shape index (κ2) is 9.50. The summed E-state index contributed by atoms with van der Waals surface area (Å²) in [6, 6.07) is 15.4. The fraction of sp³-hybridized carbons (Fsp3) is 0.208. The van der Waals surface area contributed by atoms with Crippen molar-refractivity contribution >= 4 is 17.4 Å². The van der Waals surface area contributed by atoms with Crippen LogP contribution >= 0.6 is 11.6 Å². The number of para-hydroxylation sites is 1. The van der Waals surface area contributed by atoms with Crippen molar-refractivity contribution < 1.29 is 14.6 Å². The standard InChI is InChI=1S/C24H21ClN2O4/c1-3-12-31-20-11-7-5-9-17(20)22(28)21-15(2)18(13-26)23(29)27(24(21)30)14-16-8-4-6-10-19(16)25/h4-11,30H,3,12,14H2,1-2H3. The molecule has 7 heteroatoms. The number of nitrogens with zero attached hydrogens (tertiary/aromatic N) is 2. The minimum absolute atomic E-state index is 0.0897. The number of ether oxygens (including phenoxy) is 1. The molecule has 0 unspecified atom stereocenters. The van der Waals surface area contributed by atoms with E-state index in [0.717, 1.165) is 11.0 Å². The van der Waals surface area contributed by atoms with Gasteiger partial charge in [-0.05, 0) is 42.7 Å². The Labute approximate surface area is 184 Å². The number of nitriles is 1. The summed E-state index contributed by atoms with van der Waals surface area (Å²) in [7, 11) is 0. The van der Waals surface area contributed by atoms with Gasteiger partial charge < -0.3 is 9.84 Å². The minimum atomic E-state index is -0.690. The molecule has 0 saturated heterocycles. The number of aromatic nitrogens is 1. The second-order valence-electron chi connectivity index (χ2n) is 6.97. The molecule has 3 aromatic rings. The monoisotopic (exact) mass is 436 g/mol. The van der Waals surface area contributed by atoms with Gasteiger partial charge in [0.2, 0.25) is 11.7 Å². The van der Waals surface area contributed by atoms with Gasteiger partial charge in [-0.15, -0.1) is 0 Å². The van der Waals surface area contributed by atoms with Crippen LogP contribution in [0.15, 0.2) is 53.3 Å². The lowest BCUT2D eigenvalue weighted by atomic mass is 9.96. The van der Waals surface area contributed by atoms with Crippen LogP contribution in [0.5, 0.6) is 11.6 Å². The molecule has 3 rings (SSSR count). The van der Waals surface area contributed by atoms with Crippen molar-refractivity contribution in [2.24, 2.45) is 0 Å². The summed E-state index contributed by atoms with van der Waals surface area (Å²) < 4.78 is 6.67. The molecule has 0 aliphatic rings. The summed E-state index contributed by atoms with van der Waals surface area (Å²) in [6.07, 6.45) is 0.758. The lowest BCUT2D eigenvalue weighted by Crippen LogP contribution is -2.27. The molecule has 0 bridgehead atoms. The summed E-state index contributed by atoms with van der Waals surface area (Å²) in [5, 5.41) is 20.9. The Kier molecular flexibility index (Phi) is 6.78. The van der Waals surface area contributed by atoms with Crippen LogP contribution in [0.3, 0.4) is 0 Å². The average molecular weight is 437 g/mol. The van der Waals surface area contributed by atoms with Crippen molar-refractivity contribution in [1.29, 1.82) is 5.26 Å². The molecule has 0 fully saturated rings.